The first-order valence-corrected chi connectivity index (χ1v) is 6.41. The quantitative estimate of drug-likeness (QED) is 0.601. The molecule has 7 nitrogen and oxygen atoms in total. The van der Waals surface area contributed by atoms with Crippen molar-refractivity contribution in [3.05, 3.63) is 51.4 Å². The van der Waals surface area contributed by atoms with Crippen LogP contribution in [0.5, 0.6) is 5.75 Å². The third kappa shape index (κ3) is 3.79. The summed E-state index contributed by atoms with van der Waals surface area (Å²) in [6.07, 6.45) is 0. The molecule has 0 fully saturated rings. The lowest BCUT2D eigenvalue weighted by atomic mass is 10.1. The Morgan fingerprint density at radius 3 is 2.71 bits per heavy atom. The highest BCUT2D eigenvalue weighted by atomic mass is 16.6. The molecule has 0 spiro atoms. The van der Waals surface area contributed by atoms with Crippen LogP contribution in [0.2, 0.25) is 0 Å². The van der Waals surface area contributed by atoms with Gasteiger partial charge in [0.2, 0.25) is 0 Å². The number of rotatable bonds is 6. The molecule has 0 aliphatic carbocycles. The van der Waals surface area contributed by atoms with Gasteiger partial charge in [-0.3, -0.25) is 15.0 Å². The molecular weight excluding hydrogens is 274 g/mol. The van der Waals surface area contributed by atoms with Gasteiger partial charge in [-0.1, -0.05) is 5.16 Å². The second kappa shape index (κ2) is 6.36. The van der Waals surface area contributed by atoms with Gasteiger partial charge < -0.3 is 9.26 Å². The van der Waals surface area contributed by atoms with Gasteiger partial charge in [-0.15, -0.1) is 0 Å². The van der Waals surface area contributed by atoms with Crippen LogP contribution < -0.4 is 4.74 Å². The number of nitro groups is 1. The minimum atomic E-state index is -0.413. The highest BCUT2D eigenvalue weighted by Gasteiger charge is 2.14. The summed E-state index contributed by atoms with van der Waals surface area (Å²) >= 11 is 0. The second-order valence-electron chi connectivity index (χ2n) is 4.85. The van der Waals surface area contributed by atoms with Gasteiger partial charge in [-0.25, -0.2) is 0 Å². The van der Waals surface area contributed by atoms with Gasteiger partial charge in [0.15, 0.2) is 0 Å². The average Bonchev–Trinajstić information content (AvgIpc) is 2.83. The predicted molar refractivity (Wildman–Crippen MR) is 76.1 cm³/mol. The molecule has 0 saturated heterocycles. The van der Waals surface area contributed by atoms with Crippen LogP contribution in [0.3, 0.4) is 0 Å². The van der Waals surface area contributed by atoms with Crippen LogP contribution in [0.15, 0.2) is 28.8 Å². The summed E-state index contributed by atoms with van der Waals surface area (Å²) in [6.45, 7) is 2.93. The maximum absolute atomic E-state index is 10.9. The Kier molecular flexibility index (Phi) is 4.54. The lowest BCUT2D eigenvalue weighted by Crippen LogP contribution is -2.18. The SMILES string of the molecule is COc1ccc([N+](=O)[O-])cc1CN(C)Cc1cc(C)on1. The molecule has 0 aliphatic rings. The third-order valence-electron chi connectivity index (χ3n) is 3.02. The van der Waals surface area contributed by atoms with Gasteiger partial charge in [0, 0.05) is 36.9 Å². The van der Waals surface area contributed by atoms with E-state index in [4.69, 9.17) is 9.26 Å². The van der Waals surface area contributed by atoms with Crippen molar-refractivity contribution in [2.24, 2.45) is 0 Å². The average molecular weight is 291 g/mol. The van der Waals surface area contributed by atoms with Gasteiger partial charge in [0.25, 0.3) is 5.69 Å². The van der Waals surface area contributed by atoms with Crippen LogP contribution in [0.25, 0.3) is 0 Å². The summed E-state index contributed by atoms with van der Waals surface area (Å²) in [4.78, 5) is 12.4. The fraction of sp³-hybridized carbons (Fsp3) is 0.357. The van der Waals surface area contributed by atoms with E-state index in [1.807, 2.05) is 24.9 Å². The fourth-order valence-corrected chi connectivity index (χ4v) is 2.12. The Labute approximate surface area is 122 Å². The van der Waals surface area contributed by atoms with Crippen LogP contribution in [0.1, 0.15) is 17.0 Å². The molecule has 0 bridgehead atoms. The van der Waals surface area contributed by atoms with Gasteiger partial charge in [0.05, 0.1) is 17.7 Å². The molecule has 1 aromatic heterocycles. The summed E-state index contributed by atoms with van der Waals surface area (Å²) in [6, 6.07) is 6.44. The van der Waals surface area contributed by atoms with Crippen molar-refractivity contribution in [1.82, 2.24) is 10.1 Å². The maximum Gasteiger partial charge on any atom is 0.270 e. The topological polar surface area (TPSA) is 81.6 Å². The summed E-state index contributed by atoms with van der Waals surface area (Å²) < 4.78 is 10.3. The van der Waals surface area contributed by atoms with E-state index in [0.717, 1.165) is 17.0 Å². The molecule has 0 N–H and O–H groups in total. The van der Waals surface area contributed by atoms with Crippen molar-refractivity contribution in [3.63, 3.8) is 0 Å². The van der Waals surface area contributed by atoms with Crippen molar-refractivity contribution in [1.29, 1.82) is 0 Å². The van der Waals surface area contributed by atoms with Crippen molar-refractivity contribution in [2.45, 2.75) is 20.0 Å². The number of hydrogen-bond donors (Lipinski definition) is 0. The number of methoxy groups -OCH3 is 1. The Morgan fingerprint density at radius 2 is 2.14 bits per heavy atom. The van der Waals surface area contributed by atoms with Crippen molar-refractivity contribution in [2.75, 3.05) is 14.2 Å². The molecule has 0 amide bonds. The highest BCUT2D eigenvalue weighted by Crippen LogP contribution is 2.25. The molecule has 7 heteroatoms. The van der Waals surface area contributed by atoms with E-state index in [1.165, 1.54) is 12.1 Å². The standard InChI is InChI=1S/C14H17N3O4/c1-10-6-12(15-21-10)9-16(2)8-11-7-13(17(18)19)4-5-14(11)20-3/h4-7H,8-9H2,1-3H3. The molecule has 0 radical (unpaired) electrons. The number of aryl methyl sites for hydroxylation is 1. The zero-order valence-electron chi connectivity index (χ0n) is 12.2. The minimum absolute atomic E-state index is 0.0523. The van der Waals surface area contributed by atoms with Crippen LogP contribution >= 0.6 is 0 Å². The highest BCUT2D eigenvalue weighted by molar-refractivity contribution is 5.43. The number of ether oxygens (including phenoxy) is 1. The first-order valence-electron chi connectivity index (χ1n) is 6.41. The first-order chi connectivity index (χ1) is 9.99. The van der Waals surface area contributed by atoms with Gasteiger partial charge in [-0.05, 0) is 20.0 Å². The Hall–Kier alpha value is -2.41. The normalized spacial score (nSPS) is 10.9. The molecular formula is C14H17N3O4. The molecule has 0 atom stereocenters. The zero-order chi connectivity index (χ0) is 15.4. The molecule has 2 rings (SSSR count). The molecule has 0 saturated carbocycles. The second-order valence-corrected chi connectivity index (χ2v) is 4.85. The van der Waals surface area contributed by atoms with Crippen LogP contribution in [0.4, 0.5) is 5.69 Å². The monoisotopic (exact) mass is 291 g/mol. The maximum atomic E-state index is 10.9. The van der Waals surface area contributed by atoms with Crippen molar-refractivity contribution in [3.8, 4) is 5.75 Å². The summed E-state index contributed by atoms with van der Waals surface area (Å²) in [5.74, 6) is 1.38. The Balaban J connectivity index is 2.13. The number of nitrogens with zero attached hydrogens (tertiary/aromatic N) is 3. The van der Waals surface area contributed by atoms with Gasteiger partial charge >= 0.3 is 0 Å². The molecule has 1 aromatic carbocycles. The van der Waals surface area contributed by atoms with Gasteiger partial charge in [0.1, 0.15) is 11.5 Å². The molecule has 112 valence electrons. The van der Waals surface area contributed by atoms with Crippen LogP contribution in [-0.4, -0.2) is 29.1 Å². The number of non-ortho nitro benzene ring substituents is 1. The van der Waals surface area contributed by atoms with E-state index in [2.05, 4.69) is 5.16 Å². The Bertz CT molecular complexity index is 639. The zero-order valence-corrected chi connectivity index (χ0v) is 12.2. The van der Waals surface area contributed by atoms with E-state index in [-0.39, 0.29) is 5.69 Å². The lowest BCUT2D eigenvalue weighted by Gasteiger charge is -2.16. The fourth-order valence-electron chi connectivity index (χ4n) is 2.12. The summed E-state index contributed by atoms with van der Waals surface area (Å²) in [5, 5.41) is 14.8. The number of benzene rings is 1. The number of hydrogen-bond acceptors (Lipinski definition) is 6. The van der Waals surface area contributed by atoms with E-state index in [0.29, 0.717) is 18.8 Å². The minimum Gasteiger partial charge on any atom is -0.496 e. The largest absolute Gasteiger partial charge is 0.496 e. The van der Waals surface area contributed by atoms with E-state index >= 15 is 0 Å². The summed E-state index contributed by atoms with van der Waals surface area (Å²) in [7, 11) is 3.45. The molecule has 21 heavy (non-hydrogen) atoms. The van der Waals surface area contributed by atoms with E-state index in [9.17, 15) is 10.1 Å². The Morgan fingerprint density at radius 1 is 1.38 bits per heavy atom. The molecule has 2 aromatic rings. The lowest BCUT2D eigenvalue weighted by molar-refractivity contribution is -0.384. The van der Waals surface area contributed by atoms with E-state index < -0.39 is 4.92 Å². The molecule has 0 unspecified atom stereocenters. The predicted octanol–water partition coefficient (Wildman–Crippen LogP) is 2.53. The molecule has 1 heterocycles. The number of aromatic nitrogens is 1. The third-order valence-corrected chi connectivity index (χ3v) is 3.02. The van der Waals surface area contributed by atoms with Crippen molar-refractivity contribution >= 4 is 5.69 Å². The summed E-state index contributed by atoms with van der Waals surface area (Å²) in [5.41, 5.74) is 1.63. The van der Waals surface area contributed by atoms with E-state index in [1.54, 1.807) is 13.2 Å². The molecule has 0 aliphatic heterocycles. The van der Waals surface area contributed by atoms with Crippen LogP contribution in [-0.2, 0) is 13.1 Å². The van der Waals surface area contributed by atoms with Gasteiger partial charge in [-0.2, -0.15) is 0 Å². The van der Waals surface area contributed by atoms with Crippen molar-refractivity contribution < 1.29 is 14.2 Å². The smallest absolute Gasteiger partial charge is 0.270 e. The first kappa shape index (κ1) is 15.0. The number of nitro benzene ring substituents is 1. The van der Waals surface area contributed by atoms with Crippen LogP contribution in [0, 0.1) is 17.0 Å².